The average Bonchev–Trinajstić information content (AvgIpc) is 2.70. The van der Waals surface area contributed by atoms with E-state index in [-0.39, 0.29) is 11.8 Å². The Kier molecular flexibility index (Phi) is 4.07. The zero-order chi connectivity index (χ0) is 13.1. The highest BCUT2D eigenvalue weighted by molar-refractivity contribution is 5.86. The number of nitrogens with one attached hydrogen (secondary N) is 1. The highest BCUT2D eigenvalue weighted by Crippen LogP contribution is 2.28. The van der Waals surface area contributed by atoms with E-state index in [1.54, 1.807) is 0 Å². The smallest absolute Gasteiger partial charge is 0.241 e. The number of hydrogen-bond acceptors (Lipinski definition) is 2. The van der Waals surface area contributed by atoms with Crippen LogP contribution in [0, 0.1) is 25.7 Å². The van der Waals surface area contributed by atoms with Crippen LogP contribution in [0.5, 0.6) is 0 Å². The molecule has 0 unspecified atom stereocenters. The van der Waals surface area contributed by atoms with Crippen molar-refractivity contribution in [3.05, 3.63) is 23.5 Å². The van der Waals surface area contributed by atoms with Crippen molar-refractivity contribution in [2.75, 3.05) is 12.0 Å². The third-order valence-electron chi connectivity index (χ3n) is 4.04. The molecule has 3 N–H and O–H groups in total. The Hall–Kier alpha value is -1.29. The van der Waals surface area contributed by atoms with Gasteiger partial charge in [0.2, 0.25) is 5.91 Å². The molecule has 100 valence electrons. The normalized spacial score (nSPS) is 23.9. The van der Waals surface area contributed by atoms with Gasteiger partial charge < -0.3 is 5.73 Å². The molecule has 0 radical (unpaired) electrons. The van der Waals surface area contributed by atoms with Crippen molar-refractivity contribution in [3.8, 4) is 0 Å². The largest absolute Gasteiger partial charge is 0.330 e. The van der Waals surface area contributed by atoms with Crippen LogP contribution in [0.4, 0.5) is 0 Å². The number of hydrogen-bond donors (Lipinski definition) is 2. The lowest BCUT2D eigenvalue weighted by Crippen LogP contribution is -2.34. The summed E-state index contributed by atoms with van der Waals surface area (Å²) in [4.78, 5) is 12.2. The molecule has 0 bridgehead atoms. The molecule has 0 aliphatic heterocycles. The number of aromatic nitrogens is 1. The summed E-state index contributed by atoms with van der Waals surface area (Å²) in [6.45, 7) is 4.75. The van der Waals surface area contributed by atoms with E-state index in [4.69, 9.17) is 5.73 Å². The van der Waals surface area contributed by atoms with Gasteiger partial charge in [0, 0.05) is 17.3 Å². The zero-order valence-corrected chi connectivity index (χ0v) is 11.3. The van der Waals surface area contributed by atoms with Crippen LogP contribution in [-0.2, 0) is 4.79 Å². The van der Waals surface area contributed by atoms with E-state index in [1.807, 2.05) is 30.7 Å². The molecule has 4 nitrogen and oxygen atoms in total. The number of amides is 1. The second-order valence-electron chi connectivity index (χ2n) is 5.38. The molecule has 1 saturated carbocycles. The maximum atomic E-state index is 12.2. The fraction of sp³-hybridized carbons (Fsp3) is 0.643. The van der Waals surface area contributed by atoms with Crippen molar-refractivity contribution in [1.82, 2.24) is 4.68 Å². The van der Waals surface area contributed by atoms with Crippen LogP contribution in [0.25, 0.3) is 0 Å². The third-order valence-corrected chi connectivity index (χ3v) is 4.04. The van der Waals surface area contributed by atoms with Gasteiger partial charge in [0.1, 0.15) is 0 Å². The topological polar surface area (TPSA) is 60.0 Å². The van der Waals surface area contributed by atoms with E-state index < -0.39 is 0 Å². The Morgan fingerprint density at radius 3 is 2.33 bits per heavy atom. The molecule has 0 spiro atoms. The zero-order valence-electron chi connectivity index (χ0n) is 11.3. The lowest BCUT2D eigenvalue weighted by Gasteiger charge is -2.27. The molecule has 1 aliphatic carbocycles. The SMILES string of the molecule is Cc1ccc(C)n1NC(=O)C1CCC(CN)CC1. The van der Waals surface area contributed by atoms with Gasteiger partial charge in [-0.1, -0.05) is 0 Å². The van der Waals surface area contributed by atoms with Crippen molar-refractivity contribution in [2.24, 2.45) is 17.6 Å². The monoisotopic (exact) mass is 249 g/mol. The Morgan fingerprint density at radius 1 is 1.28 bits per heavy atom. The standard InChI is InChI=1S/C14H23N3O/c1-10-3-4-11(2)17(10)16-14(18)13-7-5-12(9-15)6-8-13/h3-4,12-13H,5-9,15H2,1-2H3,(H,16,18). The first-order valence-electron chi connectivity index (χ1n) is 6.77. The molecule has 0 aromatic carbocycles. The highest BCUT2D eigenvalue weighted by atomic mass is 16.2. The van der Waals surface area contributed by atoms with Crippen LogP contribution < -0.4 is 11.2 Å². The maximum Gasteiger partial charge on any atom is 0.241 e. The molecule has 1 amide bonds. The summed E-state index contributed by atoms with van der Waals surface area (Å²) in [6, 6.07) is 4.03. The molecule has 0 atom stereocenters. The lowest BCUT2D eigenvalue weighted by molar-refractivity contribution is -0.122. The maximum absolute atomic E-state index is 12.2. The number of nitrogens with two attached hydrogens (primary N) is 1. The second-order valence-corrected chi connectivity index (χ2v) is 5.38. The average molecular weight is 249 g/mol. The number of rotatable bonds is 3. The van der Waals surface area contributed by atoms with Gasteiger partial charge in [0.05, 0.1) is 0 Å². The van der Waals surface area contributed by atoms with E-state index in [1.165, 1.54) is 0 Å². The molecule has 1 aliphatic rings. The minimum Gasteiger partial charge on any atom is -0.330 e. The summed E-state index contributed by atoms with van der Waals surface area (Å²) in [5, 5.41) is 0. The van der Waals surface area contributed by atoms with Crippen molar-refractivity contribution in [3.63, 3.8) is 0 Å². The van der Waals surface area contributed by atoms with Crippen LogP contribution in [0.15, 0.2) is 12.1 Å². The molecule has 1 heterocycles. The van der Waals surface area contributed by atoms with Crippen molar-refractivity contribution in [2.45, 2.75) is 39.5 Å². The van der Waals surface area contributed by atoms with E-state index in [9.17, 15) is 4.79 Å². The first kappa shape index (κ1) is 13.1. The van der Waals surface area contributed by atoms with Gasteiger partial charge in [-0.3, -0.25) is 14.9 Å². The van der Waals surface area contributed by atoms with E-state index >= 15 is 0 Å². The minimum absolute atomic E-state index is 0.146. The van der Waals surface area contributed by atoms with Crippen LogP contribution >= 0.6 is 0 Å². The summed E-state index contributed by atoms with van der Waals surface area (Å²) < 4.78 is 1.87. The van der Waals surface area contributed by atoms with Gasteiger partial charge in [0.25, 0.3) is 0 Å². The Morgan fingerprint density at radius 2 is 1.83 bits per heavy atom. The van der Waals surface area contributed by atoms with E-state index in [0.717, 1.165) is 43.6 Å². The lowest BCUT2D eigenvalue weighted by atomic mass is 9.82. The van der Waals surface area contributed by atoms with Gasteiger partial charge in [-0.15, -0.1) is 0 Å². The Labute approximate surface area is 109 Å². The first-order valence-corrected chi connectivity index (χ1v) is 6.77. The van der Waals surface area contributed by atoms with Gasteiger partial charge >= 0.3 is 0 Å². The van der Waals surface area contributed by atoms with E-state index in [2.05, 4.69) is 5.43 Å². The summed E-state index contributed by atoms with van der Waals surface area (Å²) in [5.41, 5.74) is 10.8. The molecule has 4 heteroatoms. The second kappa shape index (κ2) is 5.57. The Balaban J connectivity index is 1.93. The predicted molar refractivity (Wildman–Crippen MR) is 72.8 cm³/mol. The Bertz CT molecular complexity index is 397. The molecule has 1 aromatic heterocycles. The van der Waals surface area contributed by atoms with Crippen LogP contribution in [-0.4, -0.2) is 17.1 Å². The van der Waals surface area contributed by atoms with Gasteiger partial charge in [-0.2, -0.15) is 0 Å². The summed E-state index contributed by atoms with van der Waals surface area (Å²) in [6.07, 6.45) is 4.09. The third kappa shape index (κ3) is 2.75. The van der Waals surface area contributed by atoms with Crippen molar-refractivity contribution < 1.29 is 4.79 Å². The number of carbonyl (C=O) groups is 1. The molecule has 1 fully saturated rings. The van der Waals surface area contributed by atoms with Gasteiger partial charge in [-0.25, -0.2) is 0 Å². The highest BCUT2D eigenvalue weighted by Gasteiger charge is 2.26. The first-order chi connectivity index (χ1) is 8.61. The predicted octanol–water partition coefficient (Wildman–Crippen LogP) is 1.94. The van der Waals surface area contributed by atoms with Crippen molar-refractivity contribution >= 4 is 5.91 Å². The van der Waals surface area contributed by atoms with Crippen LogP contribution in [0.1, 0.15) is 37.1 Å². The number of nitrogens with zero attached hydrogens (tertiary/aromatic N) is 1. The molecular formula is C14H23N3O. The molecular weight excluding hydrogens is 226 g/mol. The van der Waals surface area contributed by atoms with Gasteiger partial charge in [0.15, 0.2) is 0 Å². The fourth-order valence-corrected chi connectivity index (χ4v) is 2.71. The molecule has 1 aromatic rings. The quantitative estimate of drug-likeness (QED) is 0.860. The van der Waals surface area contributed by atoms with E-state index in [0.29, 0.717) is 5.92 Å². The summed E-state index contributed by atoms with van der Waals surface area (Å²) >= 11 is 0. The van der Waals surface area contributed by atoms with Crippen LogP contribution in [0.3, 0.4) is 0 Å². The fourth-order valence-electron chi connectivity index (χ4n) is 2.71. The summed E-state index contributed by atoms with van der Waals surface area (Å²) in [5.74, 6) is 0.908. The summed E-state index contributed by atoms with van der Waals surface area (Å²) in [7, 11) is 0. The number of carbonyl (C=O) groups excluding carboxylic acids is 1. The molecule has 0 saturated heterocycles. The molecule has 2 rings (SSSR count). The van der Waals surface area contributed by atoms with Gasteiger partial charge in [-0.05, 0) is 64.1 Å². The van der Waals surface area contributed by atoms with Crippen molar-refractivity contribution in [1.29, 1.82) is 0 Å². The number of aryl methyl sites for hydroxylation is 2. The van der Waals surface area contributed by atoms with Crippen LogP contribution in [0.2, 0.25) is 0 Å². The minimum atomic E-state index is 0.146. The molecule has 18 heavy (non-hydrogen) atoms.